The Morgan fingerprint density at radius 1 is 0.947 bits per heavy atom. The van der Waals surface area contributed by atoms with E-state index in [0.29, 0.717) is 5.92 Å². The predicted octanol–water partition coefficient (Wildman–Crippen LogP) is 7.71. The lowest BCUT2D eigenvalue weighted by molar-refractivity contribution is 0.213. The van der Waals surface area contributed by atoms with Crippen molar-refractivity contribution in [1.29, 1.82) is 0 Å². The molecule has 3 heterocycles. The summed E-state index contributed by atoms with van der Waals surface area (Å²) in [5.74, 6) is 1.90. The van der Waals surface area contributed by atoms with Gasteiger partial charge in [-0.15, -0.1) is 11.8 Å². The van der Waals surface area contributed by atoms with E-state index in [1.54, 1.807) is 23.9 Å². The van der Waals surface area contributed by atoms with Crippen molar-refractivity contribution in [2.75, 3.05) is 25.4 Å². The molecule has 7 heteroatoms. The van der Waals surface area contributed by atoms with E-state index in [0.717, 1.165) is 83.6 Å². The van der Waals surface area contributed by atoms with Gasteiger partial charge in [-0.2, -0.15) is 5.10 Å². The van der Waals surface area contributed by atoms with Gasteiger partial charge >= 0.3 is 0 Å². The Bertz CT molecular complexity index is 1550. The number of thioether (sulfide) groups is 1. The number of nitrogens with zero attached hydrogens (tertiary/aromatic N) is 3. The summed E-state index contributed by atoms with van der Waals surface area (Å²) in [5, 5.41) is 10.0. The minimum absolute atomic E-state index is 0.186. The van der Waals surface area contributed by atoms with Gasteiger partial charge in [0.1, 0.15) is 11.6 Å². The molecule has 0 aliphatic carbocycles. The molecule has 38 heavy (non-hydrogen) atoms. The van der Waals surface area contributed by atoms with Crippen LogP contribution in [0.15, 0.2) is 71.6 Å². The Balaban J connectivity index is 1.21. The Kier molecular flexibility index (Phi) is 7.22. The highest BCUT2D eigenvalue weighted by Gasteiger charge is 2.28. The van der Waals surface area contributed by atoms with Gasteiger partial charge in [0.25, 0.3) is 0 Å². The minimum atomic E-state index is -0.223. The molecule has 4 nitrogen and oxygen atoms in total. The van der Waals surface area contributed by atoms with Crippen molar-refractivity contribution >= 4 is 33.6 Å². The number of aromatic nitrogens is 3. The highest BCUT2D eigenvalue weighted by molar-refractivity contribution is 7.99. The van der Waals surface area contributed by atoms with Crippen molar-refractivity contribution in [2.24, 2.45) is 0 Å². The van der Waals surface area contributed by atoms with E-state index in [2.05, 4.69) is 32.7 Å². The molecule has 1 aliphatic heterocycles. The molecule has 0 unspecified atom stereocenters. The van der Waals surface area contributed by atoms with Crippen molar-refractivity contribution in [3.8, 4) is 5.82 Å². The number of fused-ring (bicyclic) bond motifs is 2. The molecule has 1 aliphatic rings. The van der Waals surface area contributed by atoms with Gasteiger partial charge in [0, 0.05) is 21.4 Å². The molecule has 0 spiro atoms. The van der Waals surface area contributed by atoms with Crippen LogP contribution in [0.5, 0.6) is 0 Å². The molecule has 2 aromatic heterocycles. The van der Waals surface area contributed by atoms with E-state index in [1.165, 1.54) is 23.4 Å². The summed E-state index contributed by atoms with van der Waals surface area (Å²) in [4.78, 5) is 3.68. The quantitative estimate of drug-likeness (QED) is 0.165. The maximum absolute atomic E-state index is 14.5. The first-order valence-electron chi connectivity index (χ1n) is 13.5. The second-order valence-electron chi connectivity index (χ2n) is 10.1. The van der Waals surface area contributed by atoms with Gasteiger partial charge in [-0.3, -0.25) is 9.67 Å². The highest BCUT2D eigenvalue weighted by atomic mass is 32.2. The number of hydrogen-bond donors (Lipinski definition) is 1. The summed E-state index contributed by atoms with van der Waals surface area (Å²) < 4.78 is 29.8. The topological polar surface area (TPSA) is 36.9 Å². The monoisotopic (exact) mass is 530 g/mol. The number of H-pyrrole nitrogens is 1. The second-order valence-corrected chi connectivity index (χ2v) is 11.2. The van der Waals surface area contributed by atoms with Crippen LogP contribution >= 0.6 is 11.8 Å². The van der Waals surface area contributed by atoms with Crippen LogP contribution < -0.4 is 0 Å². The smallest absolute Gasteiger partial charge is 0.167 e. The number of piperidine rings is 1. The molecule has 3 aromatic carbocycles. The van der Waals surface area contributed by atoms with Crippen LogP contribution in [0.4, 0.5) is 8.78 Å². The van der Waals surface area contributed by atoms with E-state index in [1.807, 2.05) is 36.4 Å². The van der Waals surface area contributed by atoms with Crippen molar-refractivity contribution in [1.82, 2.24) is 19.7 Å². The Hall–Kier alpha value is -3.16. The zero-order valence-corrected chi connectivity index (χ0v) is 22.4. The Morgan fingerprint density at radius 3 is 2.50 bits per heavy atom. The summed E-state index contributed by atoms with van der Waals surface area (Å²) in [5.41, 5.74) is 4.47. The van der Waals surface area contributed by atoms with Crippen LogP contribution in [-0.2, 0) is 6.42 Å². The molecule has 0 radical (unpaired) electrons. The lowest BCUT2D eigenvalue weighted by Crippen LogP contribution is -2.34. The fourth-order valence-corrected chi connectivity index (χ4v) is 6.80. The van der Waals surface area contributed by atoms with Crippen LogP contribution in [-0.4, -0.2) is 45.1 Å². The molecule has 196 valence electrons. The van der Waals surface area contributed by atoms with E-state index in [4.69, 9.17) is 0 Å². The van der Waals surface area contributed by atoms with Gasteiger partial charge in [0.2, 0.25) is 0 Å². The van der Waals surface area contributed by atoms with Crippen LogP contribution in [0.1, 0.15) is 43.4 Å². The van der Waals surface area contributed by atoms with Crippen molar-refractivity contribution in [2.45, 2.75) is 43.4 Å². The normalized spacial score (nSPS) is 15.1. The van der Waals surface area contributed by atoms with Crippen LogP contribution in [0, 0.1) is 11.6 Å². The average molecular weight is 531 g/mol. The fraction of sp³-hybridized carbons (Fsp3) is 0.323. The predicted molar refractivity (Wildman–Crippen MR) is 152 cm³/mol. The Morgan fingerprint density at radius 2 is 1.71 bits per heavy atom. The molecule has 0 bridgehead atoms. The standard InChI is InChI=1S/C31H32F2N4S/c1-2-28-30(21-14-17-36(18-15-21)16-5-19-38-24-11-8-22(32)9-12-24)26-13-10-23(33)20-29(26)37(28)31-25-6-3-4-7-27(25)34-35-31/h3-4,6-13,20-21H,2,5,14-19H2,1H3,(H,34,35). The Labute approximate surface area is 226 Å². The lowest BCUT2D eigenvalue weighted by Gasteiger charge is -2.32. The first kappa shape index (κ1) is 25.1. The molecular weight excluding hydrogens is 498 g/mol. The number of likely N-dealkylation sites (tertiary alicyclic amines) is 1. The number of halogens is 2. The first-order chi connectivity index (χ1) is 18.6. The van der Waals surface area contributed by atoms with Gasteiger partial charge in [0.15, 0.2) is 5.82 Å². The zero-order valence-electron chi connectivity index (χ0n) is 21.6. The first-order valence-corrected chi connectivity index (χ1v) is 14.5. The van der Waals surface area contributed by atoms with E-state index in [9.17, 15) is 8.78 Å². The van der Waals surface area contributed by atoms with Crippen LogP contribution in [0.3, 0.4) is 0 Å². The fourth-order valence-electron chi connectivity index (χ4n) is 5.96. The van der Waals surface area contributed by atoms with Crippen molar-refractivity contribution in [3.63, 3.8) is 0 Å². The van der Waals surface area contributed by atoms with E-state index >= 15 is 0 Å². The molecule has 1 saturated heterocycles. The number of aromatic amines is 1. The number of benzene rings is 3. The SMILES string of the molecule is CCc1c(C2CCN(CCCSc3ccc(F)cc3)CC2)c2ccc(F)cc2n1-c1n[nH]c2ccccc12. The van der Waals surface area contributed by atoms with Crippen LogP contribution in [0.2, 0.25) is 0 Å². The molecule has 0 amide bonds. The third-order valence-corrected chi connectivity index (χ3v) is 8.86. The van der Waals surface area contributed by atoms with E-state index in [-0.39, 0.29) is 11.6 Å². The summed E-state index contributed by atoms with van der Waals surface area (Å²) in [6, 6.07) is 20.1. The maximum atomic E-state index is 14.5. The van der Waals surface area contributed by atoms with Gasteiger partial charge < -0.3 is 4.90 Å². The van der Waals surface area contributed by atoms with Crippen LogP contribution in [0.25, 0.3) is 27.6 Å². The van der Waals surface area contributed by atoms with E-state index < -0.39 is 0 Å². The number of para-hydroxylation sites is 1. The van der Waals surface area contributed by atoms with Crippen molar-refractivity contribution < 1.29 is 8.78 Å². The maximum Gasteiger partial charge on any atom is 0.167 e. The lowest BCUT2D eigenvalue weighted by atomic mass is 9.87. The molecular formula is C31H32F2N4S. The molecule has 0 atom stereocenters. The largest absolute Gasteiger partial charge is 0.303 e. The zero-order chi connectivity index (χ0) is 26.1. The molecule has 1 N–H and O–H groups in total. The number of nitrogens with one attached hydrogen (secondary N) is 1. The number of rotatable bonds is 8. The van der Waals surface area contributed by atoms with Gasteiger partial charge in [-0.05, 0) is 117 Å². The second kappa shape index (κ2) is 10.9. The summed E-state index contributed by atoms with van der Waals surface area (Å²) >= 11 is 1.79. The van der Waals surface area contributed by atoms with Gasteiger partial charge in [-0.25, -0.2) is 8.78 Å². The molecule has 1 fully saturated rings. The summed E-state index contributed by atoms with van der Waals surface area (Å²) in [6.07, 6.45) is 4.15. The minimum Gasteiger partial charge on any atom is -0.303 e. The molecule has 5 aromatic rings. The van der Waals surface area contributed by atoms with Crippen molar-refractivity contribution in [3.05, 3.63) is 89.6 Å². The highest BCUT2D eigenvalue weighted by Crippen LogP contribution is 2.40. The summed E-state index contributed by atoms with van der Waals surface area (Å²) in [6.45, 7) is 5.39. The molecule has 0 saturated carbocycles. The van der Waals surface area contributed by atoms with Gasteiger partial charge in [0.05, 0.1) is 11.0 Å². The number of hydrogen-bond acceptors (Lipinski definition) is 3. The third-order valence-electron chi connectivity index (χ3n) is 7.77. The van der Waals surface area contributed by atoms with Gasteiger partial charge in [-0.1, -0.05) is 19.1 Å². The molecule has 6 rings (SSSR count). The average Bonchev–Trinajstić information content (AvgIpc) is 3.50. The third kappa shape index (κ3) is 4.85. The summed E-state index contributed by atoms with van der Waals surface area (Å²) in [7, 11) is 0.